The third-order valence-corrected chi connectivity index (χ3v) is 6.15. The lowest BCUT2D eigenvalue weighted by molar-refractivity contribution is -0.0499. The normalized spacial score (nSPS) is 12.8. The molecule has 0 saturated heterocycles. The van der Waals surface area contributed by atoms with Gasteiger partial charge in [0.1, 0.15) is 0 Å². The summed E-state index contributed by atoms with van der Waals surface area (Å²) < 4.78 is 66.3. The topological polar surface area (TPSA) is 43.4 Å². The number of para-hydroxylation sites is 1. The molecule has 0 N–H and O–H groups in total. The number of halogens is 3. The van der Waals surface area contributed by atoms with E-state index < -0.39 is 15.6 Å². The van der Waals surface area contributed by atoms with E-state index in [1.54, 1.807) is 18.2 Å². The highest BCUT2D eigenvalue weighted by atomic mass is 32.2. The molecular weight excluding hydrogens is 413 g/mol. The average Bonchev–Trinajstić information content (AvgIpc) is 2.71. The van der Waals surface area contributed by atoms with Crippen LogP contribution in [0.25, 0.3) is 43.4 Å². The Morgan fingerprint density at radius 2 is 1.23 bits per heavy atom. The molecule has 5 aromatic rings. The summed E-state index contributed by atoms with van der Waals surface area (Å²) in [5, 5.41) is 5.91. The molecule has 0 aliphatic rings. The van der Waals surface area contributed by atoms with Crippen LogP contribution in [0.15, 0.2) is 78.9 Å². The number of benzene rings is 5. The lowest BCUT2D eigenvalue weighted by Gasteiger charge is -2.16. The molecule has 0 aromatic heterocycles. The van der Waals surface area contributed by atoms with E-state index >= 15 is 0 Å². The number of hydrogen-bond donors (Lipinski definition) is 0. The molecule has 150 valence electrons. The summed E-state index contributed by atoms with van der Waals surface area (Å²) in [5.41, 5.74) is -4.65. The minimum atomic E-state index is -5.78. The fourth-order valence-corrected chi connectivity index (χ4v) is 4.37. The molecule has 5 rings (SSSR count). The maximum atomic E-state index is 12.9. The van der Waals surface area contributed by atoms with Gasteiger partial charge >= 0.3 is 15.6 Å². The molecule has 0 spiro atoms. The SMILES string of the molecule is O=S(=O)(Oc1ccccc1-c1ccc2ccc3cccc4ccc1c2c34)C(F)(F)F. The molecule has 0 aliphatic heterocycles. The van der Waals surface area contributed by atoms with Crippen molar-refractivity contribution in [3.8, 4) is 16.9 Å². The van der Waals surface area contributed by atoms with Crippen LogP contribution in [0.5, 0.6) is 5.75 Å². The summed E-state index contributed by atoms with van der Waals surface area (Å²) in [6.45, 7) is 0. The van der Waals surface area contributed by atoms with Gasteiger partial charge in [0.2, 0.25) is 0 Å². The Morgan fingerprint density at radius 3 is 1.93 bits per heavy atom. The molecule has 0 saturated carbocycles. The van der Waals surface area contributed by atoms with Crippen LogP contribution in [0.1, 0.15) is 0 Å². The van der Waals surface area contributed by atoms with Gasteiger partial charge in [0, 0.05) is 5.56 Å². The fraction of sp³-hybridized carbons (Fsp3) is 0.0435. The van der Waals surface area contributed by atoms with Crippen molar-refractivity contribution in [3.63, 3.8) is 0 Å². The van der Waals surface area contributed by atoms with E-state index in [4.69, 9.17) is 0 Å². The summed E-state index contributed by atoms with van der Waals surface area (Å²) >= 11 is 0. The summed E-state index contributed by atoms with van der Waals surface area (Å²) in [6, 6.07) is 23.3. The average molecular weight is 426 g/mol. The summed E-state index contributed by atoms with van der Waals surface area (Å²) in [7, 11) is -5.78. The van der Waals surface area contributed by atoms with E-state index in [1.807, 2.05) is 48.5 Å². The molecule has 0 unspecified atom stereocenters. The smallest absolute Gasteiger partial charge is 0.375 e. The summed E-state index contributed by atoms with van der Waals surface area (Å²) in [4.78, 5) is 0. The van der Waals surface area contributed by atoms with E-state index in [9.17, 15) is 21.6 Å². The van der Waals surface area contributed by atoms with E-state index in [0.29, 0.717) is 5.56 Å². The molecular formula is C23H13F3O3S. The van der Waals surface area contributed by atoms with Crippen molar-refractivity contribution in [2.75, 3.05) is 0 Å². The molecule has 0 fully saturated rings. The van der Waals surface area contributed by atoms with Crippen molar-refractivity contribution < 1.29 is 25.8 Å². The predicted molar refractivity (Wildman–Crippen MR) is 111 cm³/mol. The lowest BCUT2D eigenvalue weighted by Crippen LogP contribution is -2.28. The van der Waals surface area contributed by atoms with Crippen LogP contribution >= 0.6 is 0 Å². The van der Waals surface area contributed by atoms with Gasteiger partial charge in [-0.1, -0.05) is 72.8 Å². The Labute approximate surface area is 169 Å². The first-order valence-corrected chi connectivity index (χ1v) is 10.4. The van der Waals surface area contributed by atoms with Gasteiger partial charge in [0.25, 0.3) is 0 Å². The summed E-state index contributed by atoms with van der Waals surface area (Å²) in [5.74, 6) is -0.371. The maximum absolute atomic E-state index is 12.9. The van der Waals surface area contributed by atoms with Crippen molar-refractivity contribution in [1.29, 1.82) is 0 Å². The minimum Gasteiger partial charge on any atom is -0.375 e. The van der Waals surface area contributed by atoms with E-state index in [-0.39, 0.29) is 11.3 Å². The Bertz CT molecular complexity index is 1510. The van der Waals surface area contributed by atoms with Crippen LogP contribution in [-0.2, 0) is 10.1 Å². The van der Waals surface area contributed by atoms with Gasteiger partial charge in [0.05, 0.1) is 0 Å². The fourth-order valence-electron chi connectivity index (χ4n) is 3.90. The maximum Gasteiger partial charge on any atom is 0.534 e. The first-order chi connectivity index (χ1) is 14.3. The van der Waals surface area contributed by atoms with Gasteiger partial charge in [-0.05, 0) is 43.9 Å². The van der Waals surface area contributed by atoms with E-state index in [1.165, 1.54) is 12.1 Å². The highest BCUT2D eigenvalue weighted by Gasteiger charge is 2.48. The Kier molecular flexibility index (Phi) is 3.95. The third-order valence-electron chi connectivity index (χ3n) is 5.19. The summed E-state index contributed by atoms with van der Waals surface area (Å²) in [6.07, 6.45) is 0. The van der Waals surface area contributed by atoms with E-state index in [2.05, 4.69) is 4.18 Å². The Hall–Kier alpha value is -3.32. The van der Waals surface area contributed by atoms with Crippen molar-refractivity contribution in [2.45, 2.75) is 5.51 Å². The number of rotatable bonds is 3. The zero-order chi connectivity index (χ0) is 21.1. The molecule has 0 bridgehead atoms. The zero-order valence-corrected chi connectivity index (χ0v) is 16.1. The third kappa shape index (κ3) is 2.77. The van der Waals surface area contributed by atoms with Crippen molar-refractivity contribution in [1.82, 2.24) is 0 Å². The highest BCUT2D eigenvalue weighted by Crippen LogP contribution is 2.42. The molecule has 0 heterocycles. The molecule has 30 heavy (non-hydrogen) atoms. The highest BCUT2D eigenvalue weighted by molar-refractivity contribution is 7.88. The zero-order valence-electron chi connectivity index (χ0n) is 15.3. The lowest BCUT2D eigenvalue weighted by atomic mass is 9.90. The molecule has 7 heteroatoms. The first kappa shape index (κ1) is 18.7. The van der Waals surface area contributed by atoms with Crippen LogP contribution in [0.2, 0.25) is 0 Å². The van der Waals surface area contributed by atoms with Gasteiger partial charge in [-0.15, -0.1) is 0 Å². The minimum absolute atomic E-state index is 0.267. The van der Waals surface area contributed by atoms with Crippen LogP contribution in [0, 0.1) is 0 Å². The standard InChI is InChI=1S/C23H13F3O3S/c24-23(25,26)30(27,28)29-20-7-2-1-6-18(20)17-12-10-16-9-8-14-4-3-5-15-11-13-19(17)22(16)21(14)15/h1-13H. The van der Waals surface area contributed by atoms with Crippen LogP contribution < -0.4 is 4.18 Å². The Morgan fingerprint density at radius 1 is 0.633 bits per heavy atom. The first-order valence-electron chi connectivity index (χ1n) is 9.03. The Balaban J connectivity index is 1.79. The van der Waals surface area contributed by atoms with Gasteiger partial charge < -0.3 is 4.18 Å². The predicted octanol–water partition coefficient (Wildman–Crippen LogP) is 6.48. The van der Waals surface area contributed by atoms with Gasteiger partial charge in [-0.25, -0.2) is 0 Å². The van der Waals surface area contributed by atoms with E-state index in [0.717, 1.165) is 32.3 Å². The second-order valence-electron chi connectivity index (χ2n) is 6.95. The van der Waals surface area contributed by atoms with Gasteiger partial charge in [0.15, 0.2) is 5.75 Å². The molecule has 0 aliphatic carbocycles. The number of hydrogen-bond acceptors (Lipinski definition) is 3. The molecule has 5 aromatic carbocycles. The van der Waals surface area contributed by atoms with Crippen molar-refractivity contribution in [3.05, 3.63) is 78.9 Å². The molecule has 0 radical (unpaired) electrons. The van der Waals surface area contributed by atoms with Crippen LogP contribution in [-0.4, -0.2) is 13.9 Å². The molecule has 3 nitrogen and oxygen atoms in total. The quantitative estimate of drug-likeness (QED) is 0.188. The largest absolute Gasteiger partial charge is 0.534 e. The van der Waals surface area contributed by atoms with Crippen molar-refractivity contribution in [2.24, 2.45) is 0 Å². The van der Waals surface area contributed by atoms with Crippen LogP contribution in [0.3, 0.4) is 0 Å². The second kappa shape index (κ2) is 6.34. The van der Waals surface area contributed by atoms with Crippen molar-refractivity contribution >= 4 is 42.4 Å². The second-order valence-corrected chi connectivity index (χ2v) is 8.49. The molecule has 0 amide bonds. The molecule has 0 atom stereocenters. The van der Waals surface area contributed by atoms with Gasteiger partial charge in [-0.3, -0.25) is 0 Å². The van der Waals surface area contributed by atoms with Crippen LogP contribution in [0.4, 0.5) is 13.2 Å². The monoisotopic (exact) mass is 426 g/mol. The number of alkyl halides is 3. The van der Waals surface area contributed by atoms with Gasteiger partial charge in [-0.2, -0.15) is 21.6 Å².